The van der Waals surface area contributed by atoms with E-state index < -0.39 is 0 Å². The fourth-order valence-electron chi connectivity index (χ4n) is 0.725. The molecule has 10 heavy (non-hydrogen) atoms. The van der Waals surface area contributed by atoms with Crippen LogP contribution in [-0.4, -0.2) is 5.91 Å². The first kappa shape index (κ1) is 6.81. The Balaban J connectivity index is 2.67. The van der Waals surface area contributed by atoms with Crippen molar-refractivity contribution < 1.29 is 4.79 Å². The van der Waals surface area contributed by atoms with Crippen LogP contribution in [0.3, 0.4) is 0 Å². The van der Waals surface area contributed by atoms with Crippen molar-refractivity contribution in [1.29, 1.82) is 0 Å². The highest BCUT2D eigenvalue weighted by molar-refractivity contribution is 5.88. The number of para-hydroxylation sites is 1. The van der Waals surface area contributed by atoms with Gasteiger partial charge in [-0.15, -0.1) is 0 Å². The SMILES string of the molecule is CC(=O)N[13c]1[13cH][13cH][13cH][13cH][13cH]1. The van der Waals surface area contributed by atoms with Crippen LogP contribution in [0.5, 0.6) is 0 Å². The molecule has 0 spiro atoms. The topological polar surface area (TPSA) is 29.1 Å². The number of hydrogen-bond donors (Lipinski definition) is 1. The zero-order chi connectivity index (χ0) is 7.40. The molecule has 0 atom stereocenters. The second-order valence-electron chi connectivity index (χ2n) is 2.05. The molecule has 52 valence electrons. The van der Waals surface area contributed by atoms with E-state index in [-0.39, 0.29) is 5.91 Å². The molecule has 0 aliphatic carbocycles. The summed E-state index contributed by atoms with van der Waals surface area (Å²) in [6.45, 7) is 1.49. The van der Waals surface area contributed by atoms with Gasteiger partial charge in [0.15, 0.2) is 0 Å². The van der Waals surface area contributed by atoms with Gasteiger partial charge in [-0.2, -0.15) is 0 Å². The van der Waals surface area contributed by atoms with E-state index in [9.17, 15) is 4.79 Å². The number of nitrogens with one attached hydrogen (secondary N) is 1. The quantitative estimate of drug-likeness (QED) is 0.632. The Hall–Kier alpha value is -1.31. The molecule has 0 aromatic heterocycles. The summed E-state index contributed by atoms with van der Waals surface area (Å²) in [7, 11) is 0. The summed E-state index contributed by atoms with van der Waals surface area (Å²) in [4.78, 5) is 10.5. The van der Waals surface area contributed by atoms with E-state index in [0.717, 1.165) is 5.69 Å². The molecule has 0 unspecified atom stereocenters. The van der Waals surface area contributed by atoms with Crippen molar-refractivity contribution in [3.63, 3.8) is 0 Å². The Bertz CT molecular complexity index is 218. The molecule has 0 heterocycles. The largest absolute Gasteiger partial charge is 0.326 e. The molecule has 0 radical (unpaired) electrons. The van der Waals surface area contributed by atoms with Crippen molar-refractivity contribution in [1.82, 2.24) is 0 Å². The monoisotopic (exact) mass is 141 g/mol. The van der Waals surface area contributed by atoms with Crippen molar-refractivity contribution in [2.24, 2.45) is 0 Å². The Kier molecular flexibility index (Phi) is 2.05. The number of hydrogen-bond acceptors (Lipinski definition) is 1. The van der Waals surface area contributed by atoms with Crippen LogP contribution >= 0.6 is 0 Å². The average Bonchev–Trinajstić information content (AvgIpc) is 1.88. The van der Waals surface area contributed by atoms with E-state index in [2.05, 4.69) is 5.32 Å². The maximum atomic E-state index is 10.5. The summed E-state index contributed by atoms with van der Waals surface area (Å²) in [5.74, 6) is -0.0359. The van der Waals surface area contributed by atoms with E-state index in [1.807, 2.05) is 30.3 Å². The smallest absolute Gasteiger partial charge is 0.221 e. The maximum Gasteiger partial charge on any atom is 0.221 e. The predicted molar refractivity (Wildman–Crippen MR) is 40.7 cm³/mol. The van der Waals surface area contributed by atoms with E-state index in [4.69, 9.17) is 0 Å². The van der Waals surface area contributed by atoms with Crippen LogP contribution in [-0.2, 0) is 4.79 Å². The molecule has 1 amide bonds. The number of carbonyl (C=O) groups excluding carboxylic acids is 1. The highest BCUT2D eigenvalue weighted by Crippen LogP contribution is 2.03. The van der Waals surface area contributed by atoms with Crippen LogP contribution in [0.25, 0.3) is 0 Å². The molecule has 0 aliphatic heterocycles. The van der Waals surface area contributed by atoms with Gasteiger partial charge in [-0.05, 0) is 12.1 Å². The van der Waals surface area contributed by atoms with Gasteiger partial charge < -0.3 is 5.32 Å². The van der Waals surface area contributed by atoms with Crippen molar-refractivity contribution in [2.75, 3.05) is 5.32 Å². The standard InChI is InChI=1S/C8H9NO/c1-7(10)9-8-5-3-2-4-6-8/h2-6H,1H3,(H,9,10)/i2+1,3+1,4+1,5+1,6+1,8+1. The molecule has 1 rings (SSSR count). The van der Waals surface area contributed by atoms with Gasteiger partial charge >= 0.3 is 0 Å². The summed E-state index contributed by atoms with van der Waals surface area (Å²) >= 11 is 0. The van der Waals surface area contributed by atoms with Gasteiger partial charge in [0.25, 0.3) is 0 Å². The molecule has 0 saturated heterocycles. The Morgan fingerprint density at radius 2 is 1.90 bits per heavy atom. The van der Waals surface area contributed by atoms with Gasteiger partial charge in [-0.25, -0.2) is 0 Å². The van der Waals surface area contributed by atoms with Crippen molar-refractivity contribution in [3.8, 4) is 0 Å². The van der Waals surface area contributed by atoms with E-state index in [1.165, 1.54) is 6.92 Å². The third kappa shape index (κ3) is 1.90. The zero-order valence-corrected chi connectivity index (χ0v) is 5.79. The molecule has 2 nitrogen and oxygen atoms in total. The van der Waals surface area contributed by atoms with Crippen LogP contribution in [0.4, 0.5) is 5.69 Å². The van der Waals surface area contributed by atoms with Gasteiger partial charge in [-0.1, -0.05) is 18.2 Å². The predicted octanol–water partition coefficient (Wildman–Crippen LogP) is 1.64. The van der Waals surface area contributed by atoms with Crippen molar-refractivity contribution >= 4 is 11.6 Å². The lowest BCUT2D eigenvalue weighted by Gasteiger charge is -1.98. The maximum absolute atomic E-state index is 10.5. The number of benzene rings is 1. The summed E-state index contributed by atoms with van der Waals surface area (Å²) in [6.07, 6.45) is 0. The normalized spacial score (nSPS) is 8.90. The molecule has 1 aromatic rings. The van der Waals surface area contributed by atoms with Gasteiger partial charge in [0, 0.05) is 12.6 Å². The van der Waals surface area contributed by atoms with Gasteiger partial charge in [0.1, 0.15) is 0 Å². The molecule has 2 heteroatoms. The zero-order valence-electron chi connectivity index (χ0n) is 5.79. The van der Waals surface area contributed by atoms with E-state index in [0.29, 0.717) is 0 Å². The number of amides is 1. The van der Waals surface area contributed by atoms with Gasteiger partial charge in [0.05, 0.1) is 0 Å². The lowest BCUT2D eigenvalue weighted by molar-refractivity contribution is -0.114. The third-order valence-electron chi connectivity index (χ3n) is 1.09. The molecule has 1 aromatic carbocycles. The highest BCUT2D eigenvalue weighted by atomic mass is 16.1. The lowest BCUT2D eigenvalue weighted by atomic mass is 10.7. The molecule has 1 N–H and O–H groups in total. The Labute approximate surface area is 59.9 Å². The van der Waals surface area contributed by atoms with Crippen LogP contribution in [0, 0.1) is 0 Å². The summed E-state index contributed by atoms with van der Waals surface area (Å²) in [5, 5.41) is 2.67. The number of carbonyl (C=O) groups is 1. The highest BCUT2D eigenvalue weighted by Gasteiger charge is 1.90. The van der Waals surface area contributed by atoms with Crippen molar-refractivity contribution in [2.45, 2.75) is 6.92 Å². The minimum Gasteiger partial charge on any atom is -0.326 e. The van der Waals surface area contributed by atoms with Crippen LogP contribution < -0.4 is 5.32 Å². The Morgan fingerprint density at radius 3 is 2.40 bits per heavy atom. The van der Waals surface area contributed by atoms with Crippen LogP contribution in [0.1, 0.15) is 6.92 Å². The second-order valence-corrected chi connectivity index (χ2v) is 2.05. The fourth-order valence-corrected chi connectivity index (χ4v) is 0.725. The minimum absolute atomic E-state index is 0.0359. The van der Waals surface area contributed by atoms with E-state index in [1.54, 1.807) is 0 Å². The summed E-state index contributed by atoms with van der Waals surface area (Å²) < 4.78 is 0. The molecular formula is C8H9NO. The first-order chi connectivity index (χ1) is 4.79. The number of anilines is 1. The molecule has 0 saturated carbocycles. The van der Waals surface area contributed by atoms with Gasteiger partial charge in [-0.3, -0.25) is 4.79 Å². The minimum atomic E-state index is -0.0359. The molecule has 0 bridgehead atoms. The number of rotatable bonds is 1. The Morgan fingerprint density at radius 1 is 1.30 bits per heavy atom. The van der Waals surface area contributed by atoms with Crippen molar-refractivity contribution in [3.05, 3.63) is 30.3 Å². The first-order valence-corrected chi connectivity index (χ1v) is 3.11. The van der Waals surface area contributed by atoms with Crippen LogP contribution in [0.15, 0.2) is 30.3 Å². The lowest BCUT2D eigenvalue weighted by Crippen LogP contribution is -2.04. The first-order valence-electron chi connectivity index (χ1n) is 3.11. The second kappa shape index (κ2) is 3.01. The van der Waals surface area contributed by atoms with Gasteiger partial charge in [0.2, 0.25) is 5.91 Å². The third-order valence-corrected chi connectivity index (χ3v) is 1.09. The summed E-state index contributed by atoms with van der Waals surface area (Å²) in [6, 6.07) is 9.37. The molecule has 0 aliphatic rings. The van der Waals surface area contributed by atoms with Crippen LogP contribution in [0.2, 0.25) is 0 Å². The fraction of sp³-hybridized carbons (Fsp3) is 0.125. The summed E-state index contributed by atoms with van der Waals surface area (Å²) in [5.41, 5.74) is 0.843. The molecule has 0 fully saturated rings. The average molecular weight is 141 g/mol. The van der Waals surface area contributed by atoms with E-state index >= 15 is 0 Å². The molecular weight excluding hydrogens is 132 g/mol.